The summed E-state index contributed by atoms with van der Waals surface area (Å²) in [6.07, 6.45) is -2.55. The smallest absolute Gasteiger partial charge is 0.370 e. The minimum absolute atomic E-state index is 0.0736. The fraction of sp³-hybridized carbons (Fsp3) is 0.700. The van der Waals surface area contributed by atoms with E-state index in [1.54, 1.807) is 4.90 Å². The van der Waals surface area contributed by atoms with Crippen LogP contribution in [-0.2, 0) is 11.0 Å². The number of rotatable bonds is 3. The number of hydrogen-bond acceptors (Lipinski definition) is 5. The van der Waals surface area contributed by atoms with Gasteiger partial charge in [-0.1, -0.05) is 11.3 Å². The van der Waals surface area contributed by atoms with Crippen LogP contribution in [0.5, 0.6) is 0 Å². The monoisotopic (exact) mass is 294 g/mol. The van der Waals surface area contributed by atoms with Crippen molar-refractivity contribution in [3.05, 3.63) is 5.01 Å². The van der Waals surface area contributed by atoms with E-state index in [9.17, 15) is 18.0 Å². The number of piperidine rings is 1. The molecule has 106 valence electrons. The molecule has 0 radical (unpaired) electrons. The SMILES string of the molecule is NC(=O)CC1CCCN(c2nnc(C(F)(F)F)s2)C1. The third kappa shape index (κ3) is 3.55. The molecule has 1 atom stereocenters. The minimum atomic E-state index is -4.46. The standard InChI is InChI=1S/C10H13F3N4OS/c11-10(12,13)8-15-16-9(19-8)17-3-1-2-6(5-17)4-7(14)18/h6H,1-5H2,(H2,14,18). The van der Waals surface area contributed by atoms with Gasteiger partial charge < -0.3 is 10.6 Å². The summed E-state index contributed by atoms with van der Waals surface area (Å²) < 4.78 is 37.3. The van der Waals surface area contributed by atoms with Gasteiger partial charge in [0.25, 0.3) is 0 Å². The van der Waals surface area contributed by atoms with Crippen LogP contribution >= 0.6 is 11.3 Å². The first-order valence-electron chi connectivity index (χ1n) is 5.80. The van der Waals surface area contributed by atoms with Gasteiger partial charge in [-0.25, -0.2) is 0 Å². The Morgan fingerprint density at radius 1 is 1.47 bits per heavy atom. The van der Waals surface area contributed by atoms with E-state index >= 15 is 0 Å². The summed E-state index contributed by atoms with van der Waals surface area (Å²) >= 11 is 0.530. The van der Waals surface area contributed by atoms with Crippen molar-refractivity contribution in [3.63, 3.8) is 0 Å². The van der Waals surface area contributed by atoms with Crippen molar-refractivity contribution in [1.29, 1.82) is 0 Å². The first kappa shape index (κ1) is 14.0. The van der Waals surface area contributed by atoms with Gasteiger partial charge in [-0.2, -0.15) is 13.2 Å². The zero-order valence-electron chi connectivity index (χ0n) is 9.98. The highest BCUT2D eigenvalue weighted by Gasteiger charge is 2.36. The summed E-state index contributed by atoms with van der Waals surface area (Å²) in [6.45, 7) is 1.12. The maximum Gasteiger partial charge on any atom is 0.445 e. The molecule has 1 amide bonds. The van der Waals surface area contributed by atoms with E-state index in [1.165, 1.54) is 0 Å². The summed E-state index contributed by atoms with van der Waals surface area (Å²) in [7, 11) is 0. The lowest BCUT2D eigenvalue weighted by molar-refractivity contribution is -0.138. The lowest BCUT2D eigenvalue weighted by Gasteiger charge is -2.31. The van der Waals surface area contributed by atoms with Gasteiger partial charge in [-0.05, 0) is 18.8 Å². The highest BCUT2D eigenvalue weighted by atomic mass is 32.1. The Morgan fingerprint density at radius 3 is 2.79 bits per heavy atom. The van der Waals surface area contributed by atoms with Gasteiger partial charge in [-0.3, -0.25) is 4.79 Å². The summed E-state index contributed by atoms with van der Waals surface area (Å²) in [5.74, 6) is -0.315. The number of primary amides is 1. The highest BCUT2D eigenvalue weighted by Crippen LogP contribution is 2.35. The van der Waals surface area contributed by atoms with Crippen molar-refractivity contribution in [2.75, 3.05) is 18.0 Å². The molecule has 2 heterocycles. The Labute approximate surface area is 111 Å². The Bertz CT molecular complexity index is 462. The van der Waals surface area contributed by atoms with E-state index in [4.69, 9.17) is 5.73 Å². The first-order chi connectivity index (χ1) is 8.86. The molecule has 0 spiro atoms. The van der Waals surface area contributed by atoms with Crippen LogP contribution in [-0.4, -0.2) is 29.2 Å². The molecule has 0 saturated carbocycles. The minimum Gasteiger partial charge on any atom is -0.370 e. The number of anilines is 1. The third-order valence-electron chi connectivity index (χ3n) is 2.94. The molecule has 1 fully saturated rings. The van der Waals surface area contributed by atoms with Crippen LogP contribution in [0, 0.1) is 5.92 Å². The Balaban J connectivity index is 2.05. The predicted molar refractivity (Wildman–Crippen MR) is 63.7 cm³/mol. The lowest BCUT2D eigenvalue weighted by Crippen LogP contribution is -2.37. The van der Waals surface area contributed by atoms with E-state index in [1.807, 2.05) is 0 Å². The van der Waals surface area contributed by atoms with Gasteiger partial charge in [-0.15, -0.1) is 10.2 Å². The number of nitrogens with two attached hydrogens (primary N) is 1. The normalized spacial score (nSPS) is 20.6. The van der Waals surface area contributed by atoms with E-state index in [2.05, 4.69) is 10.2 Å². The lowest BCUT2D eigenvalue weighted by atomic mass is 9.95. The van der Waals surface area contributed by atoms with Crippen LogP contribution in [0.1, 0.15) is 24.3 Å². The van der Waals surface area contributed by atoms with Crippen LogP contribution in [0.15, 0.2) is 0 Å². The van der Waals surface area contributed by atoms with Gasteiger partial charge in [0.05, 0.1) is 0 Å². The van der Waals surface area contributed by atoms with Crippen molar-refractivity contribution >= 4 is 22.4 Å². The summed E-state index contributed by atoms with van der Waals surface area (Å²) in [5, 5.41) is 6.04. The average Bonchev–Trinajstić information content (AvgIpc) is 2.77. The topological polar surface area (TPSA) is 72.1 Å². The van der Waals surface area contributed by atoms with Gasteiger partial charge in [0.15, 0.2) is 0 Å². The molecule has 1 saturated heterocycles. The van der Waals surface area contributed by atoms with E-state index in [0.29, 0.717) is 24.4 Å². The van der Waals surface area contributed by atoms with Crippen molar-refractivity contribution in [2.45, 2.75) is 25.4 Å². The van der Waals surface area contributed by atoms with Gasteiger partial charge in [0, 0.05) is 19.5 Å². The van der Waals surface area contributed by atoms with Crippen molar-refractivity contribution < 1.29 is 18.0 Å². The molecule has 1 aliphatic heterocycles. The third-order valence-corrected chi connectivity index (χ3v) is 3.97. The Kier molecular flexibility index (Phi) is 3.93. The molecule has 19 heavy (non-hydrogen) atoms. The van der Waals surface area contributed by atoms with Gasteiger partial charge in [0.1, 0.15) is 0 Å². The van der Waals surface area contributed by atoms with Crippen molar-refractivity contribution in [1.82, 2.24) is 10.2 Å². The fourth-order valence-electron chi connectivity index (χ4n) is 2.15. The highest BCUT2D eigenvalue weighted by molar-refractivity contribution is 7.15. The fourth-order valence-corrected chi connectivity index (χ4v) is 2.89. The number of aromatic nitrogens is 2. The predicted octanol–water partition coefficient (Wildman–Crippen LogP) is 1.65. The first-order valence-corrected chi connectivity index (χ1v) is 6.62. The molecule has 2 N–H and O–H groups in total. The van der Waals surface area contributed by atoms with Crippen LogP contribution in [0.4, 0.5) is 18.3 Å². The Hall–Kier alpha value is -1.38. The quantitative estimate of drug-likeness (QED) is 0.920. The molecule has 9 heteroatoms. The molecule has 5 nitrogen and oxygen atoms in total. The van der Waals surface area contributed by atoms with E-state index < -0.39 is 11.2 Å². The zero-order valence-corrected chi connectivity index (χ0v) is 10.8. The average molecular weight is 294 g/mol. The number of nitrogens with zero attached hydrogens (tertiary/aromatic N) is 3. The van der Waals surface area contributed by atoms with Crippen molar-refractivity contribution in [2.24, 2.45) is 11.7 Å². The number of hydrogen-bond donors (Lipinski definition) is 1. The van der Waals surface area contributed by atoms with Crippen LogP contribution in [0.2, 0.25) is 0 Å². The number of carbonyl (C=O) groups excluding carboxylic acids is 1. The van der Waals surface area contributed by atoms with Crippen LogP contribution < -0.4 is 10.6 Å². The summed E-state index contributed by atoms with van der Waals surface area (Å²) in [4.78, 5) is 12.6. The largest absolute Gasteiger partial charge is 0.445 e. The van der Waals surface area contributed by atoms with Crippen LogP contribution in [0.25, 0.3) is 0 Å². The second-order valence-corrected chi connectivity index (χ2v) is 5.47. The molecule has 1 aliphatic rings. The zero-order chi connectivity index (χ0) is 14.0. The van der Waals surface area contributed by atoms with E-state index in [0.717, 1.165) is 12.8 Å². The van der Waals surface area contributed by atoms with Crippen LogP contribution in [0.3, 0.4) is 0 Å². The molecular weight excluding hydrogens is 281 g/mol. The molecule has 1 aromatic heterocycles. The Morgan fingerprint density at radius 2 is 2.21 bits per heavy atom. The second kappa shape index (κ2) is 5.32. The van der Waals surface area contributed by atoms with E-state index in [-0.39, 0.29) is 23.4 Å². The summed E-state index contributed by atoms with van der Waals surface area (Å²) in [6, 6.07) is 0. The number of amides is 1. The molecule has 0 aliphatic carbocycles. The van der Waals surface area contributed by atoms with Gasteiger partial charge >= 0.3 is 6.18 Å². The van der Waals surface area contributed by atoms with Gasteiger partial charge in [0.2, 0.25) is 16.0 Å². The maximum atomic E-state index is 12.4. The number of alkyl halides is 3. The molecule has 2 rings (SSSR count). The maximum absolute atomic E-state index is 12.4. The molecular formula is C10H13F3N4OS. The molecule has 1 aromatic rings. The molecule has 1 unspecified atom stereocenters. The second-order valence-electron chi connectivity index (χ2n) is 4.51. The number of carbonyl (C=O) groups is 1. The molecule has 0 bridgehead atoms. The molecule has 0 aromatic carbocycles. The number of halogens is 3. The van der Waals surface area contributed by atoms with Crippen molar-refractivity contribution in [3.8, 4) is 0 Å². The summed E-state index contributed by atoms with van der Waals surface area (Å²) in [5.41, 5.74) is 5.14.